The monoisotopic (exact) mass is 194 g/mol. The molecule has 0 saturated heterocycles. The van der Waals surface area contributed by atoms with Gasteiger partial charge in [0.05, 0.1) is 13.2 Å². The second-order valence-corrected chi connectivity index (χ2v) is 3.83. The number of aliphatic hydroxyl groups excluding tert-OH is 1. The van der Waals surface area contributed by atoms with Crippen molar-refractivity contribution in [2.45, 2.75) is 32.8 Å². The van der Waals surface area contributed by atoms with Crippen LogP contribution in [-0.4, -0.2) is 12.2 Å². The summed E-state index contributed by atoms with van der Waals surface area (Å²) in [5.41, 5.74) is 2.08. The molecule has 0 aliphatic carbocycles. The molecule has 2 heteroatoms. The van der Waals surface area contributed by atoms with Crippen LogP contribution >= 0.6 is 0 Å². The molecular weight excluding hydrogens is 176 g/mol. The van der Waals surface area contributed by atoms with Crippen LogP contribution in [0.1, 0.15) is 43.9 Å². The van der Waals surface area contributed by atoms with Crippen molar-refractivity contribution in [3.05, 3.63) is 29.3 Å². The van der Waals surface area contributed by atoms with E-state index in [1.807, 2.05) is 18.2 Å². The fourth-order valence-corrected chi connectivity index (χ4v) is 1.46. The van der Waals surface area contributed by atoms with E-state index in [4.69, 9.17) is 4.74 Å². The zero-order chi connectivity index (χ0) is 10.7. The number of hydrogen-bond acceptors (Lipinski definition) is 2. The lowest BCUT2D eigenvalue weighted by molar-refractivity contribution is 0.199. The largest absolute Gasteiger partial charge is 0.496 e. The molecule has 0 fully saturated rings. The molecule has 0 aromatic heterocycles. The Morgan fingerprint density at radius 1 is 1.21 bits per heavy atom. The van der Waals surface area contributed by atoms with Crippen molar-refractivity contribution in [2.24, 2.45) is 0 Å². The molecule has 1 N–H and O–H groups in total. The molecule has 0 heterocycles. The van der Waals surface area contributed by atoms with Crippen molar-refractivity contribution >= 4 is 0 Å². The Bertz CT molecular complexity index is 303. The van der Waals surface area contributed by atoms with Crippen LogP contribution in [0, 0.1) is 0 Å². The number of benzene rings is 1. The fourth-order valence-electron chi connectivity index (χ4n) is 1.46. The summed E-state index contributed by atoms with van der Waals surface area (Å²) in [7, 11) is 1.67. The lowest BCUT2D eigenvalue weighted by Crippen LogP contribution is -1.98. The van der Waals surface area contributed by atoms with Crippen LogP contribution in [0.25, 0.3) is 0 Å². The minimum absolute atomic E-state index is 0.406. The third-order valence-electron chi connectivity index (χ3n) is 2.36. The van der Waals surface area contributed by atoms with Crippen LogP contribution in [0.3, 0.4) is 0 Å². The molecule has 2 nitrogen and oxygen atoms in total. The van der Waals surface area contributed by atoms with Gasteiger partial charge in [-0.15, -0.1) is 0 Å². The van der Waals surface area contributed by atoms with Crippen molar-refractivity contribution in [3.63, 3.8) is 0 Å². The molecule has 1 atom stereocenters. The highest BCUT2D eigenvalue weighted by atomic mass is 16.5. The van der Waals surface area contributed by atoms with Crippen molar-refractivity contribution in [1.82, 2.24) is 0 Å². The lowest BCUT2D eigenvalue weighted by atomic mass is 9.98. The molecular formula is C12H18O2. The maximum Gasteiger partial charge on any atom is 0.122 e. The second kappa shape index (κ2) is 4.47. The molecule has 1 aromatic carbocycles. The minimum Gasteiger partial charge on any atom is -0.496 e. The molecule has 0 aliphatic heterocycles. The van der Waals surface area contributed by atoms with Gasteiger partial charge in [0.1, 0.15) is 5.75 Å². The van der Waals surface area contributed by atoms with Gasteiger partial charge in [-0.05, 0) is 36.1 Å². The number of ether oxygens (including phenoxy) is 1. The van der Waals surface area contributed by atoms with Gasteiger partial charge in [0, 0.05) is 0 Å². The maximum atomic E-state index is 9.45. The standard InChI is InChI=1S/C12H18O2/c1-8(2)11-7-10(9(3)13)5-6-12(11)14-4/h5-9,13H,1-4H3. The summed E-state index contributed by atoms with van der Waals surface area (Å²) < 4.78 is 5.26. The van der Waals surface area contributed by atoms with E-state index in [2.05, 4.69) is 13.8 Å². The predicted molar refractivity (Wildman–Crippen MR) is 57.7 cm³/mol. The normalized spacial score (nSPS) is 13.0. The first-order valence-corrected chi connectivity index (χ1v) is 4.92. The van der Waals surface area contributed by atoms with Crippen LogP contribution in [-0.2, 0) is 0 Å². The molecule has 1 rings (SSSR count). The Morgan fingerprint density at radius 2 is 1.86 bits per heavy atom. The highest BCUT2D eigenvalue weighted by molar-refractivity contribution is 5.39. The van der Waals surface area contributed by atoms with Crippen LogP contribution in [0.15, 0.2) is 18.2 Å². The zero-order valence-electron chi connectivity index (χ0n) is 9.24. The van der Waals surface area contributed by atoms with Gasteiger partial charge in [-0.2, -0.15) is 0 Å². The Morgan fingerprint density at radius 3 is 2.29 bits per heavy atom. The molecule has 0 saturated carbocycles. The topological polar surface area (TPSA) is 29.5 Å². The smallest absolute Gasteiger partial charge is 0.122 e. The van der Waals surface area contributed by atoms with E-state index < -0.39 is 6.10 Å². The first kappa shape index (κ1) is 11.1. The number of hydrogen-bond donors (Lipinski definition) is 1. The van der Waals surface area contributed by atoms with E-state index in [1.165, 1.54) is 0 Å². The van der Waals surface area contributed by atoms with Crippen LogP contribution in [0.2, 0.25) is 0 Å². The van der Waals surface area contributed by atoms with Crippen molar-refractivity contribution in [1.29, 1.82) is 0 Å². The van der Waals surface area contributed by atoms with Gasteiger partial charge in [0.2, 0.25) is 0 Å². The summed E-state index contributed by atoms with van der Waals surface area (Å²) in [5.74, 6) is 1.30. The number of aliphatic hydroxyl groups is 1. The third kappa shape index (κ3) is 2.26. The highest BCUT2D eigenvalue weighted by Gasteiger charge is 2.10. The summed E-state index contributed by atoms with van der Waals surface area (Å²) in [6, 6.07) is 5.82. The number of methoxy groups -OCH3 is 1. The summed E-state index contributed by atoms with van der Waals surface area (Å²) >= 11 is 0. The Kier molecular flexibility index (Phi) is 3.53. The zero-order valence-corrected chi connectivity index (χ0v) is 9.24. The van der Waals surface area contributed by atoms with Gasteiger partial charge in [-0.3, -0.25) is 0 Å². The first-order valence-electron chi connectivity index (χ1n) is 4.92. The molecule has 0 amide bonds. The molecule has 0 aliphatic rings. The molecule has 1 unspecified atom stereocenters. The summed E-state index contributed by atoms with van der Waals surface area (Å²) in [5, 5.41) is 9.45. The first-order chi connectivity index (χ1) is 6.56. The summed E-state index contributed by atoms with van der Waals surface area (Å²) in [6.45, 7) is 6.00. The quantitative estimate of drug-likeness (QED) is 0.801. The third-order valence-corrected chi connectivity index (χ3v) is 2.36. The van der Waals surface area contributed by atoms with Gasteiger partial charge in [0.25, 0.3) is 0 Å². The molecule has 0 bridgehead atoms. The van der Waals surface area contributed by atoms with Gasteiger partial charge < -0.3 is 9.84 Å². The predicted octanol–water partition coefficient (Wildman–Crippen LogP) is 2.87. The SMILES string of the molecule is COc1ccc(C(C)O)cc1C(C)C. The minimum atomic E-state index is -0.418. The summed E-state index contributed by atoms with van der Waals surface area (Å²) in [4.78, 5) is 0. The van der Waals surface area contributed by atoms with Crippen molar-refractivity contribution in [3.8, 4) is 5.75 Å². The molecule has 0 spiro atoms. The van der Waals surface area contributed by atoms with Crippen molar-refractivity contribution in [2.75, 3.05) is 7.11 Å². The number of rotatable bonds is 3. The second-order valence-electron chi connectivity index (χ2n) is 3.83. The Balaban J connectivity index is 3.14. The molecule has 1 aromatic rings. The van der Waals surface area contributed by atoms with E-state index in [1.54, 1.807) is 14.0 Å². The van der Waals surface area contributed by atoms with Crippen molar-refractivity contribution < 1.29 is 9.84 Å². The Hall–Kier alpha value is -1.02. The van der Waals surface area contributed by atoms with Gasteiger partial charge in [-0.25, -0.2) is 0 Å². The van der Waals surface area contributed by atoms with Crippen LogP contribution in [0.5, 0.6) is 5.75 Å². The molecule has 78 valence electrons. The highest BCUT2D eigenvalue weighted by Crippen LogP contribution is 2.29. The van der Waals surface area contributed by atoms with Crippen LogP contribution < -0.4 is 4.74 Å². The van der Waals surface area contributed by atoms with E-state index in [0.717, 1.165) is 16.9 Å². The van der Waals surface area contributed by atoms with E-state index in [-0.39, 0.29) is 0 Å². The van der Waals surface area contributed by atoms with Gasteiger partial charge in [0.15, 0.2) is 0 Å². The summed E-state index contributed by atoms with van der Waals surface area (Å²) in [6.07, 6.45) is -0.418. The maximum absolute atomic E-state index is 9.45. The Labute approximate surface area is 85.5 Å². The van der Waals surface area contributed by atoms with E-state index in [0.29, 0.717) is 5.92 Å². The average molecular weight is 194 g/mol. The van der Waals surface area contributed by atoms with E-state index >= 15 is 0 Å². The van der Waals surface area contributed by atoms with Crippen LogP contribution in [0.4, 0.5) is 0 Å². The molecule has 14 heavy (non-hydrogen) atoms. The van der Waals surface area contributed by atoms with Gasteiger partial charge in [-0.1, -0.05) is 19.9 Å². The average Bonchev–Trinajstić information content (AvgIpc) is 2.16. The fraction of sp³-hybridized carbons (Fsp3) is 0.500. The molecule has 0 radical (unpaired) electrons. The van der Waals surface area contributed by atoms with E-state index in [9.17, 15) is 5.11 Å². The van der Waals surface area contributed by atoms with Gasteiger partial charge >= 0.3 is 0 Å². The lowest BCUT2D eigenvalue weighted by Gasteiger charge is -2.14.